The van der Waals surface area contributed by atoms with Gasteiger partial charge in [0.1, 0.15) is 0 Å². The lowest BCUT2D eigenvalue weighted by atomic mass is 9.64. The summed E-state index contributed by atoms with van der Waals surface area (Å²) in [6, 6.07) is 0.781. The molecular weight excluding hydrogens is 128 g/mol. The number of nitrogens with one attached hydrogen (secondary N) is 2. The van der Waals surface area contributed by atoms with Gasteiger partial charge in [0.15, 0.2) is 0 Å². The van der Waals surface area contributed by atoms with Crippen LogP contribution in [0.2, 0.25) is 0 Å². The van der Waals surface area contributed by atoms with Gasteiger partial charge in [0.25, 0.3) is 0 Å². The molecule has 0 aromatic carbocycles. The summed E-state index contributed by atoms with van der Waals surface area (Å²) in [7, 11) is 0. The molecule has 0 bridgehead atoms. The van der Waals surface area contributed by atoms with Crippen molar-refractivity contribution in [2.75, 3.05) is 0 Å². The fourth-order valence-corrected chi connectivity index (χ4v) is 1.98. The minimum atomic E-state index is 0.000532. The van der Waals surface area contributed by atoms with E-state index < -0.39 is 0 Å². The summed E-state index contributed by atoms with van der Waals surface area (Å²) in [5, 5.41) is 5.75. The highest BCUT2D eigenvalue weighted by atomic mass is 16.2. The maximum atomic E-state index is 10.8. The third kappa shape index (κ3) is 0.576. The summed E-state index contributed by atoms with van der Waals surface area (Å²) in [5.74, 6) is 0. The van der Waals surface area contributed by atoms with E-state index in [4.69, 9.17) is 0 Å². The molecule has 0 unspecified atom stereocenters. The molecule has 2 amide bonds. The second kappa shape index (κ2) is 1.47. The number of carbonyl (C=O) groups excluding carboxylic acids is 1. The molecule has 56 valence electrons. The molecule has 2 atom stereocenters. The number of fused-ring (bicyclic) bond motifs is 1. The summed E-state index contributed by atoms with van der Waals surface area (Å²) in [6.45, 7) is 4.36. The zero-order valence-corrected chi connectivity index (χ0v) is 6.27. The van der Waals surface area contributed by atoms with Crippen molar-refractivity contribution in [3.63, 3.8) is 0 Å². The van der Waals surface area contributed by atoms with Crippen LogP contribution in [0.3, 0.4) is 0 Å². The molecule has 1 aliphatic carbocycles. The molecule has 0 aromatic rings. The molecular formula is C7H12N2O. The van der Waals surface area contributed by atoms with Crippen molar-refractivity contribution in [1.82, 2.24) is 10.6 Å². The topological polar surface area (TPSA) is 41.1 Å². The highest BCUT2D eigenvalue weighted by Crippen LogP contribution is 2.42. The SMILES string of the molecule is CC1(C)C[C@H]2NC(=O)N[C@H]21. The molecule has 1 aliphatic heterocycles. The van der Waals surface area contributed by atoms with Crippen LogP contribution in [0.4, 0.5) is 4.79 Å². The van der Waals surface area contributed by atoms with Crippen molar-refractivity contribution in [2.24, 2.45) is 5.41 Å². The first-order valence-corrected chi connectivity index (χ1v) is 3.67. The lowest BCUT2D eigenvalue weighted by Gasteiger charge is -2.46. The van der Waals surface area contributed by atoms with Gasteiger partial charge < -0.3 is 10.6 Å². The van der Waals surface area contributed by atoms with Crippen molar-refractivity contribution >= 4 is 6.03 Å². The van der Waals surface area contributed by atoms with Gasteiger partial charge in [-0.05, 0) is 11.8 Å². The highest BCUT2D eigenvalue weighted by Gasteiger charge is 2.52. The van der Waals surface area contributed by atoms with Crippen LogP contribution in [0.25, 0.3) is 0 Å². The van der Waals surface area contributed by atoms with Crippen LogP contribution in [-0.4, -0.2) is 18.1 Å². The van der Waals surface area contributed by atoms with Crippen molar-refractivity contribution in [1.29, 1.82) is 0 Å². The smallest absolute Gasteiger partial charge is 0.315 e. The molecule has 0 spiro atoms. The number of hydrogen-bond acceptors (Lipinski definition) is 1. The van der Waals surface area contributed by atoms with Gasteiger partial charge in [-0.3, -0.25) is 0 Å². The zero-order chi connectivity index (χ0) is 7.35. The standard InChI is InChI=1S/C7H12N2O/c1-7(2)3-4-5(7)9-6(10)8-4/h4-5H,3H2,1-2H3,(H2,8,9,10)/t4-,5-/m1/s1. The van der Waals surface area contributed by atoms with Crippen molar-refractivity contribution < 1.29 is 4.79 Å². The van der Waals surface area contributed by atoms with Crippen LogP contribution in [-0.2, 0) is 0 Å². The summed E-state index contributed by atoms with van der Waals surface area (Å²) < 4.78 is 0. The highest BCUT2D eigenvalue weighted by molar-refractivity contribution is 5.78. The Morgan fingerprint density at radius 3 is 2.60 bits per heavy atom. The van der Waals surface area contributed by atoms with E-state index in [2.05, 4.69) is 24.5 Å². The van der Waals surface area contributed by atoms with E-state index in [0.717, 1.165) is 6.42 Å². The Kier molecular flexibility index (Phi) is 0.881. The van der Waals surface area contributed by atoms with Crippen LogP contribution in [0.1, 0.15) is 20.3 Å². The van der Waals surface area contributed by atoms with Crippen LogP contribution < -0.4 is 10.6 Å². The van der Waals surface area contributed by atoms with Gasteiger partial charge in [0.2, 0.25) is 0 Å². The number of urea groups is 1. The zero-order valence-electron chi connectivity index (χ0n) is 6.27. The van der Waals surface area contributed by atoms with E-state index >= 15 is 0 Å². The molecule has 1 heterocycles. The lowest BCUT2D eigenvalue weighted by Crippen LogP contribution is -2.57. The molecule has 3 nitrogen and oxygen atoms in total. The van der Waals surface area contributed by atoms with Crippen LogP contribution >= 0.6 is 0 Å². The molecule has 3 heteroatoms. The quantitative estimate of drug-likeness (QED) is 0.504. The summed E-state index contributed by atoms with van der Waals surface area (Å²) in [6.07, 6.45) is 1.11. The van der Waals surface area contributed by atoms with Gasteiger partial charge in [0.05, 0.1) is 12.1 Å². The molecule has 2 N–H and O–H groups in total. The van der Waals surface area contributed by atoms with Gasteiger partial charge in [-0.2, -0.15) is 0 Å². The lowest BCUT2D eigenvalue weighted by molar-refractivity contribution is 0.103. The Morgan fingerprint density at radius 1 is 1.50 bits per heavy atom. The monoisotopic (exact) mass is 140 g/mol. The fourth-order valence-electron chi connectivity index (χ4n) is 1.98. The van der Waals surface area contributed by atoms with E-state index in [1.54, 1.807) is 0 Å². The average molecular weight is 140 g/mol. The Balaban J connectivity index is 2.13. The first-order valence-electron chi connectivity index (χ1n) is 3.67. The van der Waals surface area contributed by atoms with Crippen molar-refractivity contribution in [2.45, 2.75) is 32.4 Å². The molecule has 1 saturated carbocycles. The number of rotatable bonds is 0. The Labute approximate surface area is 60.2 Å². The molecule has 1 saturated heterocycles. The average Bonchev–Trinajstić information content (AvgIpc) is 2.08. The maximum absolute atomic E-state index is 10.8. The van der Waals surface area contributed by atoms with Crippen LogP contribution in [0.15, 0.2) is 0 Å². The first kappa shape index (κ1) is 6.01. The van der Waals surface area contributed by atoms with E-state index in [1.165, 1.54) is 0 Å². The second-order valence-corrected chi connectivity index (χ2v) is 3.89. The first-order chi connectivity index (χ1) is 4.59. The van der Waals surface area contributed by atoms with Gasteiger partial charge in [-0.25, -0.2) is 4.79 Å². The van der Waals surface area contributed by atoms with Gasteiger partial charge in [-0.1, -0.05) is 13.8 Å². The summed E-state index contributed by atoms with van der Waals surface area (Å²) in [4.78, 5) is 10.8. The third-order valence-corrected chi connectivity index (χ3v) is 2.59. The van der Waals surface area contributed by atoms with Crippen molar-refractivity contribution in [3.05, 3.63) is 0 Å². The van der Waals surface area contributed by atoms with Crippen LogP contribution in [0.5, 0.6) is 0 Å². The number of hydrogen-bond donors (Lipinski definition) is 2. The number of amides is 2. The third-order valence-electron chi connectivity index (χ3n) is 2.59. The van der Waals surface area contributed by atoms with Gasteiger partial charge in [0, 0.05) is 0 Å². The van der Waals surface area contributed by atoms with E-state index in [-0.39, 0.29) is 6.03 Å². The van der Waals surface area contributed by atoms with Crippen LogP contribution in [0, 0.1) is 5.41 Å². The minimum absolute atomic E-state index is 0.000532. The normalized spacial score (nSPS) is 41.2. The predicted octanol–water partition coefficient (Wildman–Crippen LogP) is 0.466. The second-order valence-electron chi connectivity index (χ2n) is 3.89. The Hall–Kier alpha value is -0.730. The fraction of sp³-hybridized carbons (Fsp3) is 0.857. The van der Waals surface area contributed by atoms with E-state index in [0.29, 0.717) is 17.5 Å². The Bertz CT molecular complexity index is 188. The molecule has 0 aromatic heterocycles. The largest absolute Gasteiger partial charge is 0.333 e. The summed E-state index contributed by atoms with van der Waals surface area (Å²) >= 11 is 0. The molecule has 2 rings (SSSR count). The van der Waals surface area contributed by atoms with E-state index in [9.17, 15) is 4.79 Å². The number of carbonyl (C=O) groups is 1. The van der Waals surface area contributed by atoms with E-state index in [1.807, 2.05) is 0 Å². The molecule has 10 heavy (non-hydrogen) atoms. The Morgan fingerprint density at radius 2 is 2.20 bits per heavy atom. The predicted molar refractivity (Wildman–Crippen MR) is 37.6 cm³/mol. The summed E-state index contributed by atoms with van der Waals surface area (Å²) in [5.41, 5.74) is 0.309. The molecule has 0 radical (unpaired) electrons. The van der Waals surface area contributed by atoms with Crippen molar-refractivity contribution in [3.8, 4) is 0 Å². The minimum Gasteiger partial charge on any atom is -0.333 e. The maximum Gasteiger partial charge on any atom is 0.315 e. The van der Waals surface area contributed by atoms with Gasteiger partial charge >= 0.3 is 6.03 Å². The molecule has 2 fully saturated rings. The molecule has 2 aliphatic rings. The van der Waals surface area contributed by atoms with Gasteiger partial charge in [-0.15, -0.1) is 0 Å².